The average Bonchev–Trinajstić information content (AvgIpc) is 3.06. The summed E-state index contributed by atoms with van der Waals surface area (Å²) < 4.78 is 5.77. The summed E-state index contributed by atoms with van der Waals surface area (Å²) in [5.74, 6) is 0.864. The number of aromatic amines is 1. The lowest BCUT2D eigenvalue weighted by atomic mass is 10.1. The fourth-order valence-corrected chi connectivity index (χ4v) is 2.76. The minimum Gasteiger partial charge on any atom is -0.494 e. The molecule has 1 aliphatic rings. The van der Waals surface area contributed by atoms with Gasteiger partial charge in [-0.2, -0.15) is 5.10 Å². The largest absolute Gasteiger partial charge is 0.494 e. The van der Waals surface area contributed by atoms with Gasteiger partial charge >= 0.3 is 0 Å². The van der Waals surface area contributed by atoms with Gasteiger partial charge in [-0.15, -0.1) is 0 Å². The Morgan fingerprint density at radius 1 is 1.14 bits per heavy atom. The first-order valence-corrected chi connectivity index (χ1v) is 7.81. The number of rotatable bonds is 6. The molecule has 0 bridgehead atoms. The van der Waals surface area contributed by atoms with E-state index in [0.29, 0.717) is 0 Å². The Hall–Kier alpha value is -2.14. The lowest BCUT2D eigenvalue weighted by molar-refractivity contribution is 0.263. The second kappa shape index (κ2) is 7.22. The maximum atomic E-state index is 11.3. The molecular formula is C17H21N3O2. The van der Waals surface area contributed by atoms with Gasteiger partial charge in [-0.05, 0) is 50.0 Å². The Morgan fingerprint density at radius 3 is 2.64 bits per heavy atom. The fourth-order valence-electron chi connectivity index (χ4n) is 2.76. The van der Waals surface area contributed by atoms with E-state index in [1.807, 2.05) is 24.3 Å². The van der Waals surface area contributed by atoms with Crippen LogP contribution in [0.25, 0.3) is 11.1 Å². The smallest absolute Gasteiger partial charge is 0.264 e. The third-order valence-electron chi connectivity index (χ3n) is 3.94. The summed E-state index contributed by atoms with van der Waals surface area (Å²) in [5, 5.41) is 6.18. The molecule has 1 aromatic carbocycles. The molecule has 22 heavy (non-hydrogen) atoms. The highest BCUT2D eigenvalue weighted by atomic mass is 16.5. The van der Waals surface area contributed by atoms with Crippen LogP contribution in [0.2, 0.25) is 0 Å². The topological polar surface area (TPSA) is 58.2 Å². The predicted molar refractivity (Wildman–Crippen MR) is 86.1 cm³/mol. The zero-order chi connectivity index (χ0) is 15.2. The van der Waals surface area contributed by atoms with Crippen LogP contribution in [0.3, 0.4) is 0 Å². The van der Waals surface area contributed by atoms with Crippen molar-refractivity contribution < 1.29 is 4.74 Å². The summed E-state index contributed by atoms with van der Waals surface area (Å²) in [4.78, 5) is 13.8. The molecule has 0 saturated carbocycles. The number of hydrogen-bond acceptors (Lipinski definition) is 4. The lowest BCUT2D eigenvalue weighted by Crippen LogP contribution is -2.21. The molecule has 0 unspecified atom stereocenters. The summed E-state index contributed by atoms with van der Waals surface area (Å²) >= 11 is 0. The quantitative estimate of drug-likeness (QED) is 0.832. The van der Waals surface area contributed by atoms with Gasteiger partial charge in [0.2, 0.25) is 0 Å². The van der Waals surface area contributed by atoms with Crippen molar-refractivity contribution in [3.05, 3.63) is 46.9 Å². The normalized spacial score (nSPS) is 15.1. The number of nitrogens with zero attached hydrogens (tertiary/aromatic N) is 2. The lowest BCUT2D eigenvalue weighted by Gasteiger charge is -2.14. The summed E-state index contributed by atoms with van der Waals surface area (Å²) in [5.41, 5.74) is 1.58. The van der Waals surface area contributed by atoms with E-state index in [4.69, 9.17) is 4.74 Å². The number of likely N-dealkylation sites (tertiary alicyclic amines) is 1. The molecule has 1 saturated heterocycles. The van der Waals surface area contributed by atoms with Crippen molar-refractivity contribution in [1.82, 2.24) is 15.1 Å². The summed E-state index contributed by atoms with van der Waals surface area (Å²) in [7, 11) is 0. The van der Waals surface area contributed by atoms with Crippen LogP contribution >= 0.6 is 0 Å². The number of hydrogen-bond donors (Lipinski definition) is 1. The van der Waals surface area contributed by atoms with Crippen LogP contribution in [0.4, 0.5) is 0 Å². The first-order valence-electron chi connectivity index (χ1n) is 7.81. The highest BCUT2D eigenvalue weighted by Gasteiger charge is 2.10. The molecule has 0 radical (unpaired) electrons. The maximum Gasteiger partial charge on any atom is 0.264 e. The number of H-pyrrole nitrogens is 1. The van der Waals surface area contributed by atoms with Gasteiger partial charge in [-0.3, -0.25) is 4.79 Å². The van der Waals surface area contributed by atoms with Crippen molar-refractivity contribution in [3.8, 4) is 16.9 Å². The van der Waals surface area contributed by atoms with Crippen molar-refractivity contribution in [1.29, 1.82) is 0 Å². The number of ether oxygens (including phenoxy) is 1. The van der Waals surface area contributed by atoms with E-state index in [1.54, 1.807) is 12.3 Å². The number of nitrogens with one attached hydrogen (secondary N) is 1. The van der Waals surface area contributed by atoms with E-state index in [-0.39, 0.29) is 5.56 Å². The maximum absolute atomic E-state index is 11.3. The van der Waals surface area contributed by atoms with Crippen molar-refractivity contribution in [2.75, 3.05) is 26.2 Å². The Balaban J connectivity index is 1.50. The molecule has 5 nitrogen and oxygen atoms in total. The SMILES string of the molecule is O=c1cc(-c2ccc(OCCCN3CCCC3)cc2)cn[nH]1. The van der Waals surface area contributed by atoms with Crippen molar-refractivity contribution in [2.45, 2.75) is 19.3 Å². The van der Waals surface area contributed by atoms with Gasteiger partial charge in [0.1, 0.15) is 5.75 Å². The second-order valence-corrected chi connectivity index (χ2v) is 5.61. The van der Waals surface area contributed by atoms with Gasteiger partial charge in [-0.25, -0.2) is 5.10 Å². The zero-order valence-electron chi connectivity index (χ0n) is 12.6. The van der Waals surface area contributed by atoms with E-state index in [0.717, 1.165) is 36.4 Å². The first-order chi connectivity index (χ1) is 10.8. The van der Waals surface area contributed by atoms with Gasteiger partial charge in [0.05, 0.1) is 12.8 Å². The van der Waals surface area contributed by atoms with Crippen molar-refractivity contribution >= 4 is 0 Å². The molecule has 2 heterocycles. The van der Waals surface area contributed by atoms with Gasteiger partial charge in [0.25, 0.3) is 5.56 Å². The van der Waals surface area contributed by atoms with Crippen LogP contribution in [0.15, 0.2) is 41.3 Å². The van der Waals surface area contributed by atoms with Gasteiger partial charge in [-0.1, -0.05) is 12.1 Å². The van der Waals surface area contributed by atoms with E-state index < -0.39 is 0 Å². The Labute approximate surface area is 129 Å². The van der Waals surface area contributed by atoms with E-state index in [9.17, 15) is 4.79 Å². The molecule has 3 rings (SSSR count). The molecule has 0 amide bonds. The standard InChI is InChI=1S/C17H21N3O2/c21-17-12-15(13-18-19-17)14-4-6-16(7-5-14)22-11-3-10-20-8-1-2-9-20/h4-7,12-13H,1-3,8-11H2,(H,19,21). The van der Waals surface area contributed by atoms with Crippen LogP contribution in [0.5, 0.6) is 5.75 Å². The summed E-state index contributed by atoms with van der Waals surface area (Å²) in [6.07, 6.45) is 5.37. The Bertz CT molecular complexity index is 645. The Kier molecular flexibility index (Phi) is 4.85. The monoisotopic (exact) mass is 299 g/mol. The first kappa shape index (κ1) is 14.8. The molecule has 0 atom stereocenters. The third-order valence-corrected chi connectivity index (χ3v) is 3.94. The van der Waals surface area contributed by atoms with Gasteiger partial charge < -0.3 is 9.64 Å². The van der Waals surface area contributed by atoms with Crippen molar-refractivity contribution in [2.24, 2.45) is 0 Å². The minimum atomic E-state index is -0.195. The van der Waals surface area contributed by atoms with Gasteiger partial charge in [0.15, 0.2) is 0 Å². The van der Waals surface area contributed by atoms with E-state index in [2.05, 4.69) is 15.1 Å². The summed E-state index contributed by atoms with van der Waals surface area (Å²) in [6.45, 7) is 4.33. The highest BCUT2D eigenvalue weighted by Crippen LogP contribution is 2.20. The highest BCUT2D eigenvalue weighted by molar-refractivity contribution is 5.62. The van der Waals surface area contributed by atoms with Crippen LogP contribution in [-0.4, -0.2) is 41.3 Å². The van der Waals surface area contributed by atoms with E-state index in [1.165, 1.54) is 25.9 Å². The van der Waals surface area contributed by atoms with E-state index >= 15 is 0 Å². The molecule has 1 fully saturated rings. The zero-order valence-corrected chi connectivity index (χ0v) is 12.6. The van der Waals surface area contributed by atoms with Crippen LogP contribution in [0, 0.1) is 0 Å². The van der Waals surface area contributed by atoms with Crippen molar-refractivity contribution in [3.63, 3.8) is 0 Å². The molecular weight excluding hydrogens is 278 g/mol. The molecule has 116 valence electrons. The molecule has 0 aliphatic carbocycles. The Morgan fingerprint density at radius 2 is 1.91 bits per heavy atom. The predicted octanol–water partition coefficient (Wildman–Crippen LogP) is 2.30. The molecule has 1 aromatic heterocycles. The number of aromatic nitrogens is 2. The summed E-state index contributed by atoms with van der Waals surface area (Å²) in [6, 6.07) is 9.32. The van der Waals surface area contributed by atoms with Crippen LogP contribution in [0.1, 0.15) is 19.3 Å². The van der Waals surface area contributed by atoms with Crippen LogP contribution in [-0.2, 0) is 0 Å². The number of benzene rings is 1. The van der Waals surface area contributed by atoms with Gasteiger partial charge in [0, 0.05) is 18.2 Å². The molecule has 1 N–H and O–H groups in total. The molecule has 5 heteroatoms. The molecule has 2 aromatic rings. The molecule has 0 spiro atoms. The average molecular weight is 299 g/mol. The third kappa shape index (κ3) is 3.95. The minimum absolute atomic E-state index is 0.195. The molecule has 1 aliphatic heterocycles. The second-order valence-electron chi connectivity index (χ2n) is 5.61. The fraction of sp³-hybridized carbons (Fsp3) is 0.412. The van der Waals surface area contributed by atoms with Crippen LogP contribution < -0.4 is 10.3 Å².